The van der Waals surface area contributed by atoms with E-state index in [-0.39, 0.29) is 12.3 Å². The Labute approximate surface area is 105 Å². The van der Waals surface area contributed by atoms with Gasteiger partial charge in [-0.25, -0.2) is 4.79 Å². The Morgan fingerprint density at radius 3 is 2.44 bits per heavy atom. The summed E-state index contributed by atoms with van der Waals surface area (Å²) in [5.74, 6) is 0.272. The second kappa shape index (κ2) is 5.43. The van der Waals surface area contributed by atoms with Crippen molar-refractivity contribution in [3.63, 3.8) is 0 Å². The van der Waals surface area contributed by atoms with Crippen molar-refractivity contribution < 1.29 is 26.9 Å². The number of amides is 2. The molecule has 0 radical (unpaired) electrons. The van der Waals surface area contributed by atoms with Gasteiger partial charge in [-0.1, -0.05) is 0 Å². The molecule has 0 aliphatic carbocycles. The molecule has 1 aliphatic heterocycles. The lowest BCUT2D eigenvalue weighted by molar-refractivity contribution is -0.303. The third-order valence-corrected chi connectivity index (χ3v) is 3.53. The van der Waals surface area contributed by atoms with Crippen LogP contribution >= 0.6 is 0 Å². The summed E-state index contributed by atoms with van der Waals surface area (Å²) in [6.45, 7) is -0.869. The highest BCUT2D eigenvalue weighted by Crippen LogP contribution is 2.40. The van der Waals surface area contributed by atoms with Crippen LogP contribution in [0.15, 0.2) is 0 Å². The van der Waals surface area contributed by atoms with Gasteiger partial charge in [0.1, 0.15) is 0 Å². The van der Waals surface area contributed by atoms with Crippen molar-refractivity contribution in [1.29, 1.82) is 0 Å². The largest absolute Gasteiger partial charge is 0.420 e. The van der Waals surface area contributed by atoms with Gasteiger partial charge in [0.15, 0.2) is 5.60 Å². The van der Waals surface area contributed by atoms with Crippen molar-refractivity contribution in [2.75, 3.05) is 38.8 Å². The minimum absolute atomic E-state index is 0.171. The molecule has 1 saturated heterocycles. The number of hydrogen-bond donors (Lipinski definition) is 1. The van der Waals surface area contributed by atoms with Crippen molar-refractivity contribution in [2.24, 2.45) is 0 Å². The van der Waals surface area contributed by atoms with E-state index >= 15 is 0 Å². The Morgan fingerprint density at radius 1 is 1.50 bits per heavy atom. The maximum Gasteiger partial charge on any atom is 0.420 e. The normalized spacial score (nSPS) is 20.2. The van der Waals surface area contributed by atoms with Gasteiger partial charge in [0, 0.05) is 36.5 Å². The van der Waals surface area contributed by atoms with Crippen molar-refractivity contribution in [3.05, 3.63) is 0 Å². The summed E-state index contributed by atoms with van der Waals surface area (Å²) in [6.07, 6.45) is -3.02. The third kappa shape index (κ3) is 3.14. The Bertz CT molecular complexity index is 342. The summed E-state index contributed by atoms with van der Waals surface area (Å²) in [5.41, 5.74) is -2.25. The van der Waals surface area contributed by atoms with E-state index in [1.54, 1.807) is 0 Å². The quantitative estimate of drug-likeness (QED) is 0.811. The Kier molecular flexibility index (Phi) is 4.60. The molecule has 1 aliphatic rings. The Balaban J connectivity index is 2.41. The second-order valence-corrected chi connectivity index (χ2v) is 5.62. The molecule has 9 heteroatoms. The predicted octanol–water partition coefficient (Wildman–Crippen LogP) is 0.338. The number of nitrogens with one attached hydrogen (secondary N) is 1. The Morgan fingerprint density at radius 2 is 2.06 bits per heavy atom. The lowest BCUT2D eigenvalue weighted by Crippen LogP contribution is -2.72. The number of carbonyl (C=O) groups excluding carboxylic acids is 1. The molecule has 1 fully saturated rings. The molecule has 18 heavy (non-hydrogen) atoms. The third-order valence-electron chi connectivity index (χ3n) is 2.75. The predicted molar refractivity (Wildman–Crippen MR) is 59.7 cm³/mol. The van der Waals surface area contributed by atoms with Crippen LogP contribution in [0, 0.1) is 0 Å². The highest BCUT2D eigenvalue weighted by atomic mass is 32.2. The highest BCUT2D eigenvalue weighted by Gasteiger charge is 2.63. The van der Waals surface area contributed by atoms with Crippen LogP contribution in [0.25, 0.3) is 0 Å². The summed E-state index contributed by atoms with van der Waals surface area (Å²) >= 11 is 0. The molecule has 0 aromatic carbocycles. The molecule has 0 aromatic heterocycles. The number of urea groups is 1. The van der Waals surface area contributed by atoms with E-state index in [0.717, 1.165) is 12.0 Å². The standard InChI is InChI=1S/C9H15F3N2O3S/c1-17-8(9(10,11)12)5-14(6-8)7(15)13-3-4-18(2)16/h3-6H2,1-2H3,(H,13,15). The summed E-state index contributed by atoms with van der Waals surface area (Å²) in [7, 11) is -0.0729. The number of ether oxygens (including phenoxy) is 1. The average Bonchev–Trinajstić information content (AvgIpc) is 2.13. The molecule has 106 valence electrons. The lowest BCUT2D eigenvalue weighted by Gasteiger charge is -2.49. The number of likely N-dealkylation sites (tertiary alicyclic amines) is 1. The Hall–Kier alpha value is -0.830. The van der Waals surface area contributed by atoms with Crippen LogP contribution in [0.2, 0.25) is 0 Å². The molecule has 0 spiro atoms. The van der Waals surface area contributed by atoms with E-state index in [1.165, 1.54) is 6.26 Å². The number of alkyl halides is 3. The van der Waals surface area contributed by atoms with Gasteiger partial charge in [-0.3, -0.25) is 4.21 Å². The van der Waals surface area contributed by atoms with Crippen molar-refractivity contribution in [3.8, 4) is 0 Å². The van der Waals surface area contributed by atoms with E-state index < -0.39 is 41.7 Å². The van der Waals surface area contributed by atoms with E-state index in [4.69, 9.17) is 0 Å². The second-order valence-electron chi connectivity index (χ2n) is 4.06. The molecule has 1 heterocycles. The SMILES string of the molecule is COC1(C(F)(F)F)CN(C(=O)NCCS(C)=O)C1. The van der Waals surface area contributed by atoms with Gasteiger partial charge in [0.05, 0.1) is 13.1 Å². The van der Waals surface area contributed by atoms with Crippen molar-refractivity contribution in [2.45, 2.75) is 11.8 Å². The summed E-state index contributed by atoms with van der Waals surface area (Å²) in [4.78, 5) is 12.4. The highest BCUT2D eigenvalue weighted by molar-refractivity contribution is 7.84. The molecule has 2 amide bonds. The maximum absolute atomic E-state index is 12.6. The topological polar surface area (TPSA) is 58.6 Å². The first-order valence-corrected chi connectivity index (χ1v) is 6.89. The van der Waals surface area contributed by atoms with E-state index in [1.807, 2.05) is 0 Å². The zero-order valence-corrected chi connectivity index (χ0v) is 10.9. The molecule has 1 atom stereocenters. The molecule has 5 nitrogen and oxygen atoms in total. The average molecular weight is 288 g/mol. The van der Waals surface area contributed by atoms with Gasteiger partial charge in [-0.2, -0.15) is 13.2 Å². The monoisotopic (exact) mass is 288 g/mol. The number of nitrogens with zero attached hydrogens (tertiary/aromatic N) is 1. The van der Waals surface area contributed by atoms with Gasteiger partial charge in [0.2, 0.25) is 0 Å². The van der Waals surface area contributed by atoms with Gasteiger partial charge in [-0.05, 0) is 0 Å². The van der Waals surface area contributed by atoms with Crippen LogP contribution in [0.4, 0.5) is 18.0 Å². The fourth-order valence-electron chi connectivity index (χ4n) is 1.55. The molecular weight excluding hydrogens is 273 g/mol. The number of methoxy groups -OCH3 is 1. The van der Waals surface area contributed by atoms with Crippen molar-refractivity contribution >= 4 is 16.8 Å². The van der Waals surface area contributed by atoms with Crippen LogP contribution in [-0.4, -0.2) is 65.7 Å². The van der Waals surface area contributed by atoms with Gasteiger partial charge < -0.3 is 15.0 Å². The number of rotatable bonds is 4. The lowest BCUT2D eigenvalue weighted by atomic mass is 9.93. The van der Waals surface area contributed by atoms with E-state index in [0.29, 0.717) is 0 Å². The molecule has 1 N–H and O–H groups in total. The van der Waals surface area contributed by atoms with Crippen molar-refractivity contribution in [1.82, 2.24) is 10.2 Å². The van der Waals surface area contributed by atoms with Gasteiger partial charge in [-0.15, -0.1) is 0 Å². The smallest absolute Gasteiger partial charge is 0.365 e. The maximum atomic E-state index is 12.6. The van der Waals surface area contributed by atoms with E-state index in [2.05, 4.69) is 10.1 Å². The van der Waals surface area contributed by atoms with E-state index in [9.17, 15) is 22.2 Å². The van der Waals surface area contributed by atoms with Crippen LogP contribution in [0.1, 0.15) is 0 Å². The van der Waals surface area contributed by atoms with Gasteiger partial charge >= 0.3 is 12.2 Å². The molecular formula is C9H15F3N2O3S. The first-order chi connectivity index (χ1) is 8.22. The zero-order chi connectivity index (χ0) is 14.0. The zero-order valence-electron chi connectivity index (χ0n) is 10.0. The first-order valence-electron chi connectivity index (χ1n) is 5.16. The van der Waals surface area contributed by atoms with Crippen LogP contribution in [-0.2, 0) is 15.5 Å². The van der Waals surface area contributed by atoms with Gasteiger partial charge in [0.25, 0.3) is 0 Å². The number of halogens is 3. The van der Waals surface area contributed by atoms with Crippen LogP contribution < -0.4 is 5.32 Å². The molecule has 1 unspecified atom stereocenters. The molecule has 0 bridgehead atoms. The number of carbonyl (C=O) groups is 1. The molecule has 1 rings (SSSR count). The molecule has 0 aromatic rings. The fraction of sp³-hybridized carbons (Fsp3) is 0.889. The van der Waals surface area contributed by atoms with Crippen LogP contribution in [0.5, 0.6) is 0 Å². The number of hydrogen-bond acceptors (Lipinski definition) is 3. The minimum atomic E-state index is -4.50. The fourth-order valence-corrected chi connectivity index (χ4v) is 1.94. The van der Waals surface area contributed by atoms with Crippen LogP contribution in [0.3, 0.4) is 0 Å². The summed E-state index contributed by atoms with van der Waals surface area (Å²) in [5, 5.41) is 2.40. The summed E-state index contributed by atoms with van der Waals surface area (Å²) in [6, 6.07) is -0.600. The minimum Gasteiger partial charge on any atom is -0.365 e. The molecule has 0 saturated carbocycles. The summed E-state index contributed by atoms with van der Waals surface area (Å²) < 4.78 is 53.1. The first kappa shape index (κ1) is 15.2.